The Morgan fingerprint density at radius 2 is 1.94 bits per heavy atom. The molecule has 0 radical (unpaired) electrons. The average molecular weight is 245 g/mol. The van der Waals surface area contributed by atoms with Crippen molar-refractivity contribution in [3.05, 3.63) is 24.5 Å². The van der Waals surface area contributed by atoms with Crippen molar-refractivity contribution in [3.63, 3.8) is 0 Å². The Hall–Kier alpha value is -1.55. The quantitative estimate of drug-likeness (QED) is 0.771. The van der Waals surface area contributed by atoms with Crippen molar-refractivity contribution in [3.8, 4) is 0 Å². The molecule has 3 rings (SSSR count). The molecule has 1 aliphatic rings. The van der Waals surface area contributed by atoms with Crippen LogP contribution in [0.15, 0.2) is 24.5 Å². The molecule has 0 saturated carbocycles. The van der Waals surface area contributed by atoms with E-state index in [1.54, 1.807) is 0 Å². The summed E-state index contributed by atoms with van der Waals surface area (Å²) in [5.41, 5.74) is 3.48. The molecule has 4 nitrogen and oxygen atoms in total. The SMILES string of the molecule is C[C@@H]1COC[C@H](C)N1c1cccc2c1ncn2C. The first kappa shape index (κ1) is 11.5. The Morgan fingerprint density at radius 1 is 1.22 bits per heavy atom. The number of fused-ring (bicyclic) bond motifs is 1. The minimum absolute atomic E-state index is 0.390. The van der Waals surface area contributed by atoms with Crippen LogP contribution >= 0.6 is 0 Å². The van der Waals surface area contributed by atoms with Gasteiger partial charge in [0.25, 0.3) is 0 Å². The lowest BCUT2D eigenvalue weighted by atomic mass is 10.1. The van der Waals surface area contributed by atoms with E-state index < -0.39 is 0 Å². The van der Waals surface area contributed by atoms with Gasteiger partial charge in [-0.15, -0.1) is 0 Å². The molecular formula is C14H19N3O. The fraction of sp³-hybridized carbons (Fsp3) is 0.500. The number of imidazole rings is 1. The second-order valence-corrected chi connectivity index (χ2v) is 5.14. The normalized spacial score (nSPS) is 24.7. The van der Waals surface area contributed by atoms with Crippen LogP contribution in [0.1, 0.15) is 13.8 Å². The maximum atomic E-state index is 5.60. The summed E-state index contributed by atoms with van der Waals surface area (Å²) in [6, 6.07) is 7.16. The van der Waals surface area contributed by atoms with Gasteiger partial charge in [0.05, 0.1) is 42.8 Å². The van der Waals surface area contributed by atoms with Gasteiger partial charge in [-0.2, -0.15) is 0 Å². The van der Waals surface area contributed by atoms with E-state index >= 15 is 0 Å². The number of para-hydroxylation sites is 1. The van der Waals surface area contributed by atoms with Crippen LogP contribution in [0.3, 0.4) is 0 Å². The number of benzene rings is 1. The van der Waals surface area contributed by atoms with E-state index in [-0.39, 0.29) is 0 Å². The topological polar surface area (TPSA) is 30.3 Å². The van der Waals surface area contributed by atoms with E-state index in [0.717, 1.165) is 18.7 Å². The zero-order valence-corrected chi connectivity index (χ0v) is 11.1. The van der Waals surface area contributed by atoms with Crippen LogP contribution in [0, 0.1) is 0 Å². The first-order valence-corrected chi connectivity index (χ1v) is 6.44. The maximum absolute atomic E-state index is 5.60. The Balaban J connectivity index is 2.12. The van der Waals surface area contributed by atoms with E-state index in [2.05, 4.69) is 46.5 Å². The number of aryl methyl sites for hydroxylation is 1. The van der Waals surface area contributed by atoms with Crippen molar-refractivity contribution in [1.82, 2.24) is 9.55 Å². The van der Waals surface area contributed by atoms with Gasteiger partial charge >= 0.3 is 0 Å². The van der Waals surface area contributed by atoms with Crippen LogP contribution in [0.5, 0.6) is 0 Å². The number of hydrogen-bond acceptors (Lipinski definition) is 3. The second-order valence-electron chi connectivity index (χ2n) is 5.14. The van der Waals surface area contributed by atoms with Gasteiger partial charge in [-0.1, -0.05) is 6.07 Å². The molecule has 0 bridgehead atoms. The summed E-state index contributed by atoms with van der Waals surface area (Å²) < 4.78 is 7.66. The zero-order chi connectivity index (χ0) is 12.7. The molecule has 0 spiro atoms. The van der Waals surface area contributed by atoms with Gasteiger partial charge in [0.2, 0.25) is 0 Å². The first-order chi connectivity index (χ1) is 8.68. The summed E-state index contributed by atoms with van der Waals surface area (Å²) >= 11 is 0. The van der Waals surface area contributed by atoms with Gasteiger partial charge in [0, 0.05) is 7.05 Å². The van der Waals surface area contributed by atoms with E-state index in [0.29, 0.717) is 12.1 Å². The highest BCUT2D eigenvalue weighted by atomic mass is 16.5. The molecule has 0 aliphatic carbocycles. The largest absolute Gasteiger partial charge is 0.377 e. The van der Waals surface area contributed by atoms with Crippen molar-refractivity contribution in [2.75, 3.05) is 18.1 Å². The molecule has 0 N–H and O–H groups in total. The lowest BCUT2D eigenvalue weighted by molar-refractivity contribution is 0.0758. The lowest BCUT2D eigenvalue weighted by Crippen LogP contribution is -2.49. The molecule has 1 saturated heterocycles. The zero-order valence-electron chi connectivity index (χ0n) is 11.1. The standard InChI is InChI=1S/C14H19N3O/c1-10-7-18-8-11(2)17(10)13-6-4-5-12-14(13)15-9-16(12)3/h4-6,9-11H,7-8H2,1-3H3/t10-,11+. The number of nitrogens with zero attached hydrogens (tertiary/aromatic N) is 3. The molecule has 1 aliphatic heterocycles. The number of anilines is 1. The molecule has 1 fully saturated rings. The number of ether oxygens (including phenoxy) is 1. The van der Waals surface area contributed by atoms with Crippen molar-refractivity contribution in [2.45, 2.75) is 25.9 Å². The van der Waals surface area contributed by atoms with Gasteiger partial charge in [-0.05, 0) is 26.0 Å². The van der Waals surface area contributed by atoms with Gasteiger partial charge in [0.15, 0.2) is 0 Å². The Morgan fingerprint density at radius 3 is 2.67 bits per heavy atom. The van der Waals surface area contributed by atoms with E-state index in [9.17, 15) is 0 Å². The molecule has 2 atom stereocenters. The number of aromatic nitrogens is 2. The Labute approximate surface area is 107 Å². The summed E-state index contributed by atoms with van der Waals surface area (Å²) in [5.74, 6) is 0. The van der Waals surface area contributed by atoms with Crippen molar-refractivity contribution in [1.29, 1.82) is 0 Å². The fourth-order valence-corrected chi connectivity index (χ4v) is 2.83. The second kappa shape index (κ2) is 4.28. The summed E-state index contributed by atoms with van der Waals surface area (Å²) in [7, 11) is 2.03. The van der Waals surface area contributed by atoms with Crippen LogP contribution in [0.25, 0.3) is 11.0 Å². The highest BCUT2D eigenvalue weighted by Crippen LogP contribution is 2.30. The molecular weight excluding hydrogens is 226 g/mol. The molecule has 1 aromatic carbocycles. The molecule has 2 heterocycles. The van der Waals surface area contributed by atoms with Crippen LogP contribution in [0.2, 0.25) is 0 Å². The summed E-state index contributed by atoms with van der Waals surface area (Å²) in [4.78, 5) is 6.97. The van der Waals surface area contributed by atoms with Crippen LogP contribution in [-0.4, -0.2) is 34.8 Å². The monoisotopic (exact) mass is 245 g/mol. The third-order valence-corrected chi connectivity index (χ3v) is 3.68. The maximum Gasteiger partial charge on any atom is 0.112 e. The fourth-order valence-electron chi connectivity index (χ4n) is 2.83. The summed E-state index contributed by atoms with van der Waals surface area (Å²) in [6.07, 6.45) is 1.88. The number of morpholine rings is 1. The van der Waals surface area contributed by atoms with Crippen LogP contribution < -0.4 is 4.90 Å². The molecule has 18 heavy (non-hydrogen) atoms. The van der Waals surface area contributed by atoms with E-state index in [1.807, 2.05) is 13.4 Å². The van der Waals surface area contributed by atoms with E-state index in [4.69, 9.17) is 4.74 Å². The molecule has 4 heteroatoms. The van der Waals surface area contributed by atoms with Crippen LogP contribution in [0.4, 0.5) is 5.69 Å². The minimum Gasteiger partial charge on any atom is -0.377 e. The highest BCUT2D eigenvalue weighted by Gasteiger charge is 2.27. The predicted molar refractivity (Wildman–Crippen MR) is 72.9 cm³/mol. The van der Waals surface area contributed by atoms with Gasteiger partial charge in [0.1, 0.15) is 5.52 Å². The predicted octanol–water partition coefficient (Wildman–Crippen LogP) is 2.19. The van der Waals surface area contributed by atoms with Crippen molar-refractivity contribution < 1.29 is 4.74 Å². The third kappa shape index (κ3) is 1.68. The Bertz CT molecular complexity index is 553. The lowest BCUT2D eigenvalue weighted by Gasteiger charge is -2.40. The summed E-state index contributed by atoms with van der Waals surface area (Å²) in [5, 5.41) is 0. The van der Waals surface area contributed by atoms with E-state index in [1.165, 1.54) is 11.2 Å². The molecule has 0 unspecified atom stereocenters. The molecule has 0 amide bonds. The van der Waals surface area contributed by atoms with Crippen molar-refractivity contribution in [2.24, 2.45) is 7.05 Å². The smallest absolute Gasteiger partial charge is 0.112 e. The van der Waals surface area contributed by atoms with Gasteiger partial charge < -0.3 is 14.2 Å². The van der Waals surface area contributed by atoms with Crippen molar-refractivity contribution >= 4 is 16.7 Å². The highest BCUT2D eigenvalue weighted by molar-refractivity contribution is 5.89. The average Bonchev–Trinajstić information content (AvgIpc) is 2.72. The Kier molecular flexibility index (Phi) is 2.74. The first-order valence-electron chi connectivity index (χ1n) is 6.44. The minimum atomic E-state index is 0.390. The molecule has 96 valence electrons. The number of hydrogen-bond donors (Lipinski definition) is 0. The van der Waals surface area contributed by atoms with Crippen LogP contribution in [-0.2, 0) is 11.8 Å². The van der Waals surface area contributed by atoms with Gasteiger partial charge in [-0.25, -0.2) is 4.98 Å². The summed E-state index contributed by atoms with van der Waals surface area (Å²) in [6.45, 7) is 5.98. The third-order valence-electron chi connectivity index (χ3n) is 3.68. The number of rotatable bonds is 1. The molecule has 1 aromatic heterocycles. The molecule has 2 aromatic rings. The van der Waals surface area contributed by atoms with Gasteiger partial charge in [-0.3, -0.25) is 0 Å².